The lowest BCUT2D eigenvalue weighted by Crippen LogP contribution is -2.47. The van der Waals surface area contributed by atoms with E-state index in [1.807, 2.05) is 36.4 Å². The second kappa shape index (κ2) is 8.34. The fourth-order valence-corrected chi connectivity index (χ4v) is 3.40. The predicted molar refractivity (Wildman–Crippen MR) is 103 cm³/mol. The third-order valence-corrected chi connectivity index (χ3v) is 5.30. The number of hydrogen-bond donors (Lipinski definition) is 1. The van der Waals surface area contributed by atoms with Gasteiger partial charge in [-0.1, -0.05) is 6.92 Å². The molecule has 0 saturated carbocycles. The molecule has 1 aliphatic heterocycles. The second-order valence-corrected chi connectivity index (χ2v) is 7.26. The van der Waals surface area contributed by atoms with Crippen LogP contribution in [-0.2, 0) is 6.54 Å². The summed E-state index contributed by atoms with van der Waals surface area (Å²) in [5.41, 5.74) is 2.21. The van der Waals surface area contributed by atoms with Crippen molar-refractivity contribution in [3.05, 3.63) is 36.4 Å². The number of aromatic nitrogens is 3. The van der Waals surface area contributed by atoms with E-state index in [4.69, 9.17) is 0 Å². The van der Waals surface area contributed by atoms with Gasteiger partial charge >= 0.3 is 6.03 Å². The lowest BCUT2D eigenvalue weighted by molar-refractivity contribution is 0.162. The number of urea groups is 1. The molecule has 6 heteroatoms. The number of nitrogens with zero attached hydrogens (tertiary/aromatic N) is 4. The maximum atomic E-state index is 12.3. The average molecular weight is 355 g/mol. The van der Waals surface area contributed by atoms with Crippen LogP contribution < -0.4 is 5.32 Å². The molecule has 2 aromatic rings. The zero-order valence-electron chi connectivity index (χ0n) is 16.0. The molecule has 6 nitrogen and oxygen atoms in total. The number of rotatable bonds is 5. The third kappa shape index (κ3) is 4.23. The number of imidazole rings is 1. The SMILES string of the molecule is CCC(C)NC(=O)N1CCC(Cn2c(C)cnc2-c2cccnc2)CC1. The summed E-state index contributed by atoms with van der Waals surface area (Å²) < 4.78 is 2.29. The van der Waals surface area contributed by atoms with Gasteiger partial charge in [0.05, 0.1) is 0 Å². The fraction of sp³-hybridized carbons (Fsp3) is 0.550. The normalized spacial score (nSPS) is 16.5. The summed E-state index contributed by atoms with van der Waals surface area (Å²) in [5, 5.41) is 3.06. The maximum Gasteiger partial charge on any atom is 0.317 e. The molecule has 3 heterocycles. The van der Waals surface area contributed by atoms with Crippen LogP contribution in [0.15, 0.2) is 30.7 Å². The van der Waals surface area contributed by atoms with Gasteiger partial charge in [0.1, 0.15) is 5.82 Å². The Labute approximate surface area is 155 Å². The molecule has 1 N–H and O–H groups in total. The molecule has 2 amide bonds. The van der Waals surface area contributed by atoms with Crippen molar-refractivity contribution >= 4 is 6.03 Å². The first kappa shape index (κ1) is 18.4. The van der Waals surface area contributed by atoms with E-state index in [2.05, 4.69) is 33.7 Å². The summed E-state index contributed by atoms with van der Waals surface area (Å²) in [6, 6.07) is 4.30. The van der Waals surface area contributed by atoms with Crippen molar-refractivity contribution in [2.45, 2.75) is 52.6 Å². The van der Waals surface area contributed by atoms with Crippen LogP contribution in [0.25, 0.3) is 11.4 Å². The van der Waals surface area contributed by atoms with Crippen LogP contribution in [0, 0.1) is 12.8 Å². The van der Waals surface area contributed by atoms with E-state index in [1.165, 1.54) is 5.69 Å². The minimum atomic E-state index is 0.0765. The van der Waals surface area contributed by atoms with Crippen molar-refractivity contribution in [3.8, 4) is 11.4 Å². The van der Waals surface area contributed by atoms with Gasteiger partial charge in [0.25, 0.3) is 0 Å². The molecular formula is C20H29N5O. The lowest BCUT2D eigenvalue weighted by Gasteiger charge is -2.33. The smallest absolute Gasteiger partial charge is 0.317 e. The summed E-state index contributed by atoms with van der Waals surface area (Å²) in [4.78, 5) is 23.0. The number of likely N-dealkylation sites (tertiary alicyclic amines) is 1. The second-order valence-electron chi connectivity index (χ2n) is 7.26. The highest BCUT2D eigenvalue weighted by atomic mass is 16.2. The number of hydrogen-bond acceptors (Lipinski definition) is 3. The summed E-state index contributed by atoms with van der Waals surface area (Å²) in [7, 11) is 0. The molecule has 0 aliphatic carbocycles. The van der Waals surface area contributed by atoms with Crippen molar-refractivity contribution in [3.63, 3.8) is 0 Å². The number of carbonyl (C=O) groups is 1. The van der Waals surface area contributed by atoms with Crippen LogP contribution >= 0.6 is 0 Å². The van der Waals surface area contributed by atoms with Crippen molar-refractivity contribution in [1.29, 1.82) is 0 Å². The molecule has 1 aliphatic rings. The largest absolute Gasteiger partial charge is 0.336 e. The van der Waals surface area contributed by atoms with E-state index < -0.39 is 0 Å². The Hall–Kier alpha value is -2.37. The monoisotopic (exact) mass is 355 g/mol. The molecule has 1 unspecified atom stereocenters. The standard InChI is InChI=1S/C20H29N5O/c1-4-15(2)23-20(26)24-10-7-17(8-11-24)14-25-16(3)12-22-19(25)18-6-5-9-21-13-18/h5-6,9,12-13,15,17H,4,7-8,10-11,14H2,1-3H3,(H,23,26). The maximum absolute atomic E-state index is 12.3. The molecule has 1 saturated heterocycles. The van der Waals surface area contributed by atoms with Crippen molar-refractivity contribution < 1.29 is 4.79 Å². The molecule has 1 atom stereocenters. The quantitative estimate of drug-likeness (QED) is 0.893. The molecule has 0 bridgehead atoms. The van der Waals surface area contributed by atoms with Crippen molar-refractivity contribution in [1.82, 2.24) is 24.8 Å². The van der Waals surface area contributed by atoms with E-state index in [0.717, 1.165) is 50.3 Å². The molecule has 26 heavy (non-hydrogen) atoms. The zero-order valence-corrected chi connectivity index (χ0v) is 16.0. The van der Waals surface area contributed by atoms with Crippen LogP contribution in [0.5, 0.6) is 0 Å². The van der Waals surface area contributed by atoms with E-state index in [0.29, 0.717) is 5.92 Å². The lowest BCUT2D eigenvalue weighted by atomic mass is 9.96. The van der Waals surface area contributed by atoms with Crippen LogP contribution in [0.1, 0.15) is 38.8 Å². The topological polar surface area (TPSA) is 63.1 Å². The Morgan fingerprint density at radius 3 is 2.77 bits per heavy atom. The highest BCUT2D eigenvalue weighted by molar-refractivity contribution is 5.74. The predicted octanol–water partition coefficient (Wildman–Crippen LogP) is 3.47. The van der Waals surface area contributed by atoms with E-state index in [9.17, 15) is 4.79 Å². The first-order valence-electron chi connectivity index (χ1n) is 9.56. The molecule has 2 aromatic heterocycles. The average Bonchev–Trinajstić information content (AvgIpc) is 3.03. The minimum absolute atomic E-state index is 0.0765. The fourth-order valence-electron chi connectivity index (χ4n) is 3.40. The summed E-state index contributed by atoms with van der Waals surface area (Å²) in [6.45, 7) is 8.82. The zero-order chi connectivity index (χ0) is 18.5. The van der Waals surface area contributed by atoms with Gasteiger partial charge in [-0.2, -0.15) is 0 Å². The summed E-state index contributed by atoms with van der Waals surface area (Å²) >= 11 is 0. The number of piperidine rings is 1. The molecule has 140 valence electrons. The Kier molecular flexibility index (Phi) is 5.91. The van der Waals surface area contributed by atoms with Crippen molar-refractivity contribution in [2.75, 3.05) is 13.1 Å². The van der Waals surface area contributed by atoms with E-state index in [1.54, 1.807) is 6.20 Å². The van der Waals surface area contributed by atoms with Crippen LogP contribution in [0.2, 0.25) is 0 Å². The van der Waals surface area contributed by atoms with Gasteiger partial charge < -0.3 is 14.8 Å². The molecule has 3 rings (SSSR count). The molecule has 1 fully saturated rings. The van der Waals surface area contributed by atoms with Gasteiger partial charge in [0, 0.05) is 55.5 Å². The highest BCUT2D eigenvalue weighted by Crippen LogP contribution is 2.24. The van der Waals surface area contributed by atoms with Gasteiger partial charge in [-0.25, -0.2) is 9.78 Å². The van der Waals surface area contributed by atoms with E-state index >= 15 is 0 Å². The molecule has 0 spiro atoms. The number of nitrogens with one attached hydrogen (secondary N) is 1. The van der Waals surface area contributed by atoms with Crippen LogP contribution in [0.3, 0.4) is 0 Å². The molecule has 0 aromatic carbocycles. The Morgan fingerprint density at radius 2 is 2.12 bits per heavy atom. The van der Waals surface area contributed by atoms with Gasteiger partial charge in [0.15, 0.2) is 0 Å². The Morgan fingerprint density at radius 1 is 1.35 bits per heavy atom. The van der Waals surface area contributed by atoms with Crippen LogP contribution in [-0.4, -0.2) is 44.6 Å². The number of amides is 2. The Bertz CT molecular complexity index is 719. The number of aryl methyl sites for hydroxylation is 1. The molecular weight excluding hydrogens is 326 g/mol. The van der Waals surface area contributed by atoms with Gasteiger partial charge in [0.2, 0.25) is 0 Å². The summed E-state index contributed by atoms with van der Waals surface area (Å²) in [5.74, 6) is 1.54. The first-order valence-corrected chi connectivity index (χ1v) is 9.56. The number of pyridine rings is 1. The Balaban J connectivity index is 1.60. The highest BCUT2D eigenvalue weighted by Gasteiger charge is 2.24. The number of carbonyl (C=O) groups excluding carboxylic acids is 1. The van der Waals surface area contributed by atoms with E-state index in [-0.39, 0.29) is 12.1 Å². The summed E-state index contributed by atoms with van der Waals surface area (Å²) in [6.07, 6.45) is 8.58. The molecule has 0 radical (unpaired) electrons. The minimum Gasteiger partial charge on any atom is -0.336 e. The first-order chi connectivity index (χ1) is 12.6. The third-order valence-electron chi connectivity index (χ3n) is 5.30. The van der Waals surface area contributed by atoms with Crippen molar-refractivity contribution in [2.24, 2.45) is 5.92 Å². The van der Waals surface area contributed by atoms with Gasteiger partial charge in [-0.15, -0.1) is 0 Å². The van der Waals surface area contributed by atoms with Gasteiger partial charge in [-0.05, 0) is 51.2 Å². The van der Waals surface area contributed by atoms with Gasteiger partial charge in [-0.3, -0.25) is 4.98 Å². The van der Waals surface area contributed by atoms with Crippen LogP contribution in [0.4, 0.5) is 4.79 Å².